The lowest BCUT2D eigenvalue weighted by Crippen LogP contribution is -2.26. The monoisotopic (exact) mass is 261 g/mol. The van der Waals surface area contributed by atoms with Gasteiger partial charge in [-0.15, -0.1) is 0 Å². The molecule has 0 spiro atoms. The number of nitrogens with one attached hydrogen (secondary N) is 1. The molecule has 0 saturated heterocycles. The summed E-state index contributed by atoms with van der Waals surface area (Å²) in [6.07, 6.45) is 5.44. The first-order chi connectivity index (χ1) is 9.36. The lowest BCUT2D eigenvalue weighted by molar-refractivity contribution is 0.171. The van der Waals surface area contributed by atoms with Crippen molar-refractivity contribution in [1.29, 1.82) is 0 Å². The third-order valence-electron chi connectivity index (χ3n) is 4.21. The SMILES string of the molecule is CCNC(CC1CCC1)c1ccc2c(c1)OCCO2. The Morgan fingerprint density at radius 2 is 2.00 bits per heavy atom. The van der Waals surface area contributed by atoms with Crippen LogP contribution in [0.15, 0.2) is 18.2 Å². The van der Waals surface area contributed by atoms with E-state index in [0.717, 1.165) is 24.0 Å². The Hall–Kier alpha value is -1.22. The molecular formula is C16H23NO2. The van der Waals surface area contributed by atoms with Gasteiger partial charge in [0.05, 0.1) is 0 Å². The molecule has 1 aliphatic carbocycles. The van der Waals surface area contributed by atoms with Crippen molar-refractivity contribution in [2.45, 2.75) is 38.6 Å². The Morgan fingerprint density at radius 1 is 1.21 bits per heavy atom. The highest BCUT2D eigenvalue weighted by atomic mass is 16.6. The summed E-state index contributed by atoms with van der Waals surface area (Å²) in [6.45, 7) is 4.49. The summed E-state index contributed by atoms with van der Waals surface area (Å²) in [5.74, 6) is 2.69. The standard InChI is InChI=1S/C16H23NO2/c1-2-17-14(10-12-4-3-5-12)13-6-7-15-16(11-13)19-9-8-18-15/h6-7,11-12,14,17H,2-5,8-10H2,1H3. The fourth-order valence-electron chi connectivity index (χ4n) is 2.92. The van der Waals surface area contributed by atoms with E-state index in [-0.39, 0.29) is 0 Å². The highest BCUT2D eigenvalue weighted by Crippen LogP contribution is 2.37. The topological polar surface area (TPSA) is 30.5 Å². The molecule has 0 bridgehead atoms. The Balaban J connectivity index is 1.76. The molecule has 0 radical (unpaired) electrons. The molecule has 1 N–H and O–H groups in total. The average molecular weight is 261 g/mol. The molecule has 1 aromatic rings. The van der Waals surface area contributed by atoms with Gasteiger partial charge in [-0.2, -0.15) is 0 Å². The van der Waals surface area contributed by atoms with Gasteiger partial charge in [-0.05, 0) is 36.6 Å². The van der Waals surface area contributed by atoms with Crippen LogP contribution in [0.2, 0.25) is 0 Å². The zero-order valence-electron chi connectivity index (χ0n) is 11.7. The summed E-state index contributed by atoms with van der Waals surface area (Å²) in [5, 5.41) is 3.61. The van der Waals surface area contributed by atoms with Gasteiger partial charge in [0, 0.05) is 6.04 Å². The number of benzene rings is 1. The normalized spacial score (nSPS) is 19.8. The molecule has 104 valence electrons. The van der Waals surface area contributed by atoms with Gasteiger partial charge in [-0.25, -0.2) is 0 Å². The molecule has 1 atom stereocenters. The van der Waals surface area contributed by atoms with Gasteiger partial charge in [0.2, 0.25) is 0 Å². The van der Waals surface area contributed by atoms with E-state index in [1.54, 1.807) is 0 Å². The highest BCUT2D eigenvalue weighted by Gasteiger charge is 2.23. The van der Waals surface area contributed by atoms with E-state index in [4.69, 9.17) is 9.47 Å². The van der Waals surface area contributed by atoms with Gasteiger partial charge in [-0.1, -0.05) is 32.3 Å². The average Bonchev–Trinajstić information content (AvgIpc) is 2.41. The van der Waals surface area contributed by atoms with Crippen LogP contribution in [0.4, 0.5) is 0 Å². The lowest BCUT2D eigenvalue weighted by Gasteiger charge is -2.31. The zero-order valence-corrected chi connectivity index (χ0v) is 11.7. The van der Waals surface area contributed by atoms with Gasteiger partial charge in [0.1, 0.15) is 13.2 Å². The van der Waals surface area contributed by atoms with Crippen LogP contribution in [-0.4, -0.2) is 19.8 Å². The maximum absolute atomic E-state index is 5.68. The molecule has 0 amide bonds. The number of ether oxygens (including phenoxy) is 2. The van der Waals surface area contributed by atoms with Crippen molar-refractivity contribution in [2.75, 3.05) is 19.8 Å². The van der Waals surface area contributed by atoms with Crippen molar-refractivity contribution >= 4 is 0 Å². The van der Waals surface area contributed by atoms with E-state index >= 15 is 0 Å². The molecule has 1 fully saturated rings. The van der Waals surface area contributed by atoms with E-state index in [1.807, 2.05) is 0 Å². The van der Waals surface area contributed by atoms with Crippen LogP contribution in [-0.2, 0) is 0 Å². The molecule has 1 aromatic carbocycles. The first-order valence-corrected chi connectivity index (χ1v) is 7.49. The fraction of sp³-hybridized carbons (Fsp3) is 0.625. The van der Waals surface area contributed by atoms with E-state index < -0.39 is 0 Å². The number of hydrogen-bond acceptors (Lipinski definition) is 3. The van der Waals surface area contributed by atoms with Crippen molar-refractivity contribution in [3.8, 4) is 11.5 Å². The lowest BCUT2D eigenvalue weighted by atomic mass is 9.79. The third-order valence-corrected chi connectivity index (χ3v) is 4.21. The van der Waals surface area contributed by atoms with Crippen molar-refractivity contribution < 1.29 is 9.47 Å². The highest BCUT2D eigenvalue weighted by molar-refractivity contribution is 5.44. The first kappa shape index (κ1) is 12.8. The Bertz CT molecular complexity index is 429. The van der Waals surface area contributed by atoms with Crippen molar-refractivity contribution in [3.05, 3.63) is 23.8 Å². The predicted molar refractivity (Wildman–Crippen MR) is 75.8 cm³/mol. The third kappa shape index (κ3) is 2.86. The minimum atomic E-state index is 0.450. The Morgan fingerprint density at radius 3 is 2.68 bits per heavy atom. The second kappa shape index (κ2) is 5.83. The van der Waals surface area contributed by atoms with Crippen molar-refractivity contribution in [1.82, 2.24) is 5.32 Å². The van der Waals surface area contributed by atoms with Gasteiger partial charge in [-0.3, -0.25) is 0 Å². The maximum Gasteiger partial charge on any atom is 0.161 e. The molecular weight excluding hydrogens is 238 g/mol. The molecule has 1 heterocycles. The Labute approximate surface area is 115 Å². The summed E-state index contributed by atoms with van der Waals surface area (Å²) >= 11 is 0. The maximum atomic E-state index is 5.68. The van der Waals surface area contributed by atoms with Crippen molar-refractivity contribution in [2.24, 2.45) is 5.92 Å². The molecule has 0 aromatic heterocycles. The summed E-state index contributed by atoms with van der Waals surface area (Å²) in [6, 6.07) is 6.83. The van der Waals surface area contributed by atoms with E-state index in [0.29, 0.717) is 19.3 Å². The summed E-state index contributed by atoms with van der Waals surface area (Å²) in [4.78, 5) is 0. The van der Waals surface area contributed by atoms with Crippen LogP contribution in [0.1, 0.15) is 44.2 Å². The largest absolute Gasteiger partial charge is 0.486 e. The first-order valence-electron chi connectivity index (χ1n) is 7.49. The predicted octanol–water partition coefficient (Wildman–Crippen LogP) is 3.30. The summed E-state index contributed by atoms with van der Waals surface area (Å²) in [7, 11) is 0. The minimum Gasteiger partial charge on any atom is -0.486 e. The second-order valence-electron chi connectivity index (χ2n) is 5.55. The molecule has 1 saturated carbocycles. The molecule has 3 heteroatoms. The quantitative estimate of drug-likeness (QED) is 0.882. The molecule has 1 unspecified atom stereocenters. The molecule has 3 nitrogen and oxygen atoms in total. The fourth-order valence-corrected chi connectivity index (χ4v) is 2.92. The van der Waals surface area contributed by atoms with Crippen LogP contribution in [0, 0.1) is 5.92 Å². The minimum absolute atomic E-state index is 0.450. The summed E-state index contributed by atoms with van der Waals surface area (Å²) < 4.78 is 11.3. The van der Waals surface area contributed by atoms with E-state index in [9.17, 15) is 0 Å². The van der Waals surface area contributed by atoms with Crippen LogP contribution in [0.3, 0.4) is 0 Å². The van der Waals surface area contributed by atoms with Gasteiger partial charge in [0.25, 0.3) is 0 Å². The van der Waals surface area contributed by atoms with Gasteiger partial charge in [0.15, 0.2) is 11.5 Å². The smallest absolute Gasteiger partial charge is 0.161 e. The van der Waals surface area contributed by atoms with Crippen LogP contribution in [0.5, 0.6) is 11.5 Å². The number of fused-ring (bicyclic) bond motifs is 1. The zero-order chi connectivity index (χ0) is 13.1. The summed E-state index contributed by atoms with van der Waals surface area (Å²) in [5.41, 5.74) is 1.33. The van der Waals surface area contributed by atoms with Crippen molar-refractivity contribution in [3.63, 3.8) is 0 Å². The Kier molecular flexibility index (Phi) is 3.92. The molecule has 19 heavy (non-hydrogen) atoms. The van der Waals surface area contributed by atoms with Crippen LogP contribution >= 0.6 is 0 Å². The van der Waals surface area contributed by atoms with Crippen LogP contribution in [0.25, 0.3) is 0 Å². The van der Waals surface area contributed by atoms with Gasteiger partial charge >= 0.3 is 0 Å². The molecule has 3 rings (SSSR count). The molecule has 1 aliphatic heterocycles. The van der Waals surface area contributed by atoms with Gasteiger partial charge < -0.3 is 14.8 Å². The number of rotatable bonds is 5. The molecule has 2 aliphatic rings. The van der Waals surface area contributed by atoms with E-state index in [2.05, 4.69) is 30.4 Å². The second-order valence-corrected chi connectivity index (χ2v) is 5.55. The van der Waals surface area contributed by atoms with Crippen LogP contribution < -0.4 is 14.8 Å². The number of hydrogen-bond donors (Lipinski definition) is 1. The van der Waals surface area contributed by atoms with E-state index in [1.165, 1.54) is 31.2 Å².